The SMILES string of the molecule is Cc1ccn(-c2ccc(Oc3ccc(NC(=O)COc4ccc(F)cc4)cc3)nn2)n1. The molecule has 2 aromatic carbocycles. The predicted molar refractivity (Wildman–Crippen MR) is 111 cm³/mol. The van der Waals surface area contributed by atoms with Crippen LogP contribution in [0.15, 0.2) is 72.9 Å². The minimum atomic E-state index is -0.367. The van der Waals surface area contributed by atoms with Crippen LogP contribution in [0.4, 0.5) is 10.1 Å². The Hall–Kier alpha value is -4.27. The van der Waals surface area contributed by atoms with E-state index in [1.54, 1.807) is 47.3 Å². The van der Waals surface area contributed by atoms with Gasteiger partial charge < -0.3 is 14.8 Å². The average molecular weight is 419 g/mol. The van der Waals surface area contributed by atoms with Crippen molar-refractivity contribution in [2.45, 2.75) is 6.92 Å². The van der Waals surface area contributed by atoms with Crippen LogP contribution < -0.4 is 14.8 Å². The van der Waals surface area contributed by atoms with E-state index in [9.17, 15) is 9.18 Å². The Labute approximate surface area is 177 Å². The van der Waals surface area contributed by atoms with Crippen LogP contribution in [0.25, 0.3) is 5.82 Å². The van der Waals surface area contributed by atoms with E-state index in [1.807, 2.05) is 13.0 Å². The second-order valence-corrected chi connectivity index (χ2v) is 6.55. The fourth-order valence-corrected chi connectivity index (χ4v) is 2.64. The fourth-order valence-electron chi connectivity index (χ4n) is 2.64. The topological polar surface area (TPSA) is 91.2 Å². The number of ether oxygens (including phenoxy) is 2. The number of benzene rings is 2. The van der Waals surface area contributed by atoms with E-state index in [0.717, 1.165) is 5.69 Å². The van der Waals surface area contributed by atoms with Crippen LogP contribution in [-0.2, 0) is 4.79 Å². The third-order valence-electron chi connectivity index (χ3n) is 4.13. The van der Waals surface area contributed by atoms with Gasteiger partial charge in [0.1, 0.15) is 17.3 Å². The molecule has 0 spiro atoms. The summed E-state index contributed by atoms with van der Waals surface area (Å²) in [6.45, 7) is 1.70. The number of rotatable bonds is 7. The molecule has 31 heavy (non-hydrogen) atoms. The number of carbonyl (C=O) groups excluding carboxylic acids is 1. The minimum absolute atomic E-state index is 0.193. The highest BCUT2D eigenvalue weighted by atomic mass is 19.1. The minimum Gasteiger partial charge on any atom is -0.484 e. The Bertz CT molecular complexity index is 1160. The summed E-state index contributed by atoms with van der Waals surface area (Å²) in [6, 6.07) is 17.6. The van der Waals surface area contributed by atoms with Crippen molar-refractivity contribution < 1.29 is 18.7 Å². The third kappa shape index (κ3) is 5.41. The maximum atomic E-state index is 12.9. The van der Waals surface area contributed by atoms with Gasteiger partial charge in [0.15, 0.2) is 12.4 Å². The summed E-state index contributed by atoms with van der Waals surface area (Å²) in [5.74, 6) is 1.16. The number of nitrogens with zero attached hydrogens (tertiary/aromatic N) is 4. The van der Waals surface area contributed by atoms with Gasteiger partial charge in [0.05, 0.1) is 5.69 Å². The average Bonchev–Trinajstić information content (AvgIpc) is 3.21. The Balaban J connectivity index is 1.29. The highest BCUT2D eigenvalue weighted by molar-refractivity contribution is 5.91. The van der Waals surface area contributed by atoms with Gasteiger partial charge in [0.2, 0.25) is 5.88 Å². The molecule has 2 aromatic heterocycles. The second kappa shape index (κ2) is 9.04. The normalized spacial score (nSPS) is 10.5. The van der Waals surface area contributed by atoms with E-state index in [2.05, 4.69) is 20.6 Å². The molecule has 0 aliphatic carbocycles. The van der Waals surface area contributed by atoms with Crippen molar-refractivity contribution in [3.63, 3.8) is 0 Å². The molecule has 1 N–H and O–H groups in total. The Morgan fingerprint density at radius 1 is 0.968 bits per heavy atom. The first-order valence-electron chi connectivity index (χ1n) is 9.38. The van der Waals surface area contributed by atoms with Crippen LogP contribution in [0.1, 0.15) is 5.69 Å². The first-order valence-corrected chi connectivity index (χ1v) is 9.38. The lowest BCUT2D eigenvalue weighted by molar-refractivity contribution is -0.118. The van der Waals surface area contributed by atoms with Crippen molar-refractivity contribution in [1.82, 2.24) is 20.0 Å². The largest absolute Gasteiger partial charge is 0.484 e. The van der Waals surface area contributed by atoms with E-state index < -0.39 is 0 Å². The van der Waals surface area contributed by atoms with Crippen molar-refractivity contribution in [2.24, 2.45) is 0 Å². The molecular weight excluding hydrogens is 401 g/mol. The summed E-state index contributed by atoms with van der Waals surface area (Å²) in [5.41, 5.74) is 1.46. The van der Waals surface area contributed by atoms with Crippen molar-refractivity contribution in [3.05, 3.63) is 84.4 Å². The van der Waals surface area contributed by atoms with Crippen LogP contribution >= 0.6 is 0 Å². The van der Waals surface area contributed by atoms with Gasteiger partial charge in [-0.3, -0.25) is 4.79 Å². The lowest BCUT2D eigenvalue weighted by atomic mass is 10.3. The van der Waals surface area contributed by atoms with E-state index in [-0.39, 0.29) is 18.3 Å². The van der Waals surface area contributed by atoms with Gasteiger partial charge in [-0.05, 0) is 67.6 Å². The monoisotopic (exact) mass is 419 g/mol. The number of hydrogen-bond donors (Lipinski definition) is 1. The molecule has 0 saturated carbocycles. The van der Waals surface area contributed by atoms with Crippen LogP contribution in [0, 0.1) is 12.7 Å². The lowest BCUT2D eigenvalue weighted by Crippen LogP contribution is -2.20. The summed E-state index contributed by atoms with van der Waals surface area (Å²) in [7, 11) is 0. The zero-order valence-corrected chi connectivity index (χ0v) is 16.5. The van der Waals surface area contributed by atoms with E-state index in [0.29, 0.717) is 28.9 Å². The van der Waals surface area contributed by atoms with Crippen LogP contribution in [0.2, 0.25) is 0 Å². The van der Waals surface area contributed by atoms with Crippen molar-refractivity contribution >= 4 is 11.6 Å². The number of amides is 1. The van der Waals surface area contributed by atoms with Gasteiger partial charge in [0.25, 0.3) is 5.91 Å². The number of carbonyl (C=O) groups is 1. The lowest BCUT2D eigenvalue weighted by Gasteiger charge is -2.09. The van der Waals surface area contributed by atoms with Crippen LogP contribution in [-0.4, -0.2) is 32.5 Å². The molecule has 9 heteroatoms. The molecule has 0 radical (unpaired) electrons. The summed E-state index contributed by atoms with van der Waals surface area (Å²) >= 11 is 0. The first kappa shape index (κ1) is 20.0. The molecule has 0 fully saturated rings. The number of nitrogens with one attached hydrogen (secondary N) is 1. The maximum Gasteiger partial charge on any atom is 0.262 e. The third-order valence-corrected chi connectivity index (χ3v) is 4.13. The first-order chi connectivity index (χ1) is 15.0. The molecule has 0 bridgehead atoms. The zero-order valence-electron chi connectivity index (χ0n) is 16.5. The Morgan fingerprint density at radius 2 is 1.71 bits per heavy atom. The van der Waals surface area contributed by atoms with E-state index in [4.69, 9.17) is 9.47 Å². The van der Waals surface area contributed by atoms with Crippen LogP contribution in [0.5, 0.6) is 17.4 Å². The number of halogens is 1. The molecule has 0 aliphatic rings. The molecule has 0 saturated heterocycles. The summed E-state index contributed by atoms with van der Waals surface area (Å²) in [5, 5.41) is 15.1. The predicted octanol–water partition coefficient (Wildman–Crippen LogP) is 3.92. The highest BCUT2D eigenvalue weighted by Crippen LogP contribution is 2.21. The molecule has 0 aliphatic heterocycles. The molecule has 0 unspecified atom stereocenters. The van der Waals surface area contributed by atoms with Gasteiger partial charge in [-0.1, -0.05) is 0 Å². The molecule has 4 aromatic rings. The number of anilines is 1. The quantitative estimate of drug-likeness (QED) is 0.488. The molecule has 8 nitrogen and oxygen atoms in total. The Kier molecular flexibility index (Phi) is 5.84. The summed E-state index contributed by atoms with van der Waals surface area (Å²) in [4.78, 5) is 12.0. The fraction of sp³-hybridized carbons (Fsp3) is 0.0909. The molecule has 1 amide bonds. The molecule has 156 valence electrons. The van der Waals surface area contributed by atoms with Crippen molar-refractivity contribution in [3.8, 4) is 23.2 Å². The number of hydrogen-bond acceptors (Lipinski definition) is 6. The number of aryl methyl sites for hydroxylation is 1. The number of aromatic nitrogens is 4. The molecule has 4 rings (SSSR count). The van der Waals surface area contributed by atoms with Crippen molar-refractivity contribution in [2.75, 3.05) is 11.9 Å². The van der Waals surface area contributed by atoms with E-state index >= 15 is 0 Å². The Morgan fingerprint density at radius 3 is 2.35 bits per heavy atom. The van der Waals surface area contributed by atoms with Gasteiger partial charge in [-0.15, -0.1) is 10.2 Å². The van der Waals surface area contributed by atoms with Gasteiger partial charge >= 0.3 is 0 Å². The summed E-state index contributed by atoms with van der Waals surface area (Å²) < 4.78 is 25.5. The van der Waals surface area contributed by atoms with Crippen LogP contribution in [0.3, 0.4) is 0 Å². The maximum absolute atomic E-state index is 12.9. The highest BCUT2D eigenvalue weighted by Gasteiger charge is 2.06. The van der Waals surface area contributed by atoms with Gasteiger partial charge in [0, 0.05) is 18.0 Å². The smallest absolute Gasteiger partial charge is 0.262 e. The molecule has 0 atom stereocenters. The summed E-state index contributed by atoms with van der Waals surface area (Å²) in [6.07, 6.45) is 1.80. The molecule has 2 heterocycles. The van der Waals surface area contributed by atoms with Gasteiger partial charge in [-0.2, -0.15) is 5.10 Å². The molecular formula is C22H18FN5O3. The standard InChI is InChI=1S/C22H18FN5O3/c1-15-12-13-28(27-15)20-10-11-22(26-25-20)31-19-8-4-17(5-9-19)24-21(29)14-30-18-6-2-16(23)3-7-18/h2-13H,14H2,1H3,(H,24,29). The van der Waals surface area contributed by atoms with E-state index in [1.165, 1.54) is 24.3 Å². The second-order valence-electron chi connectivity index (χ2n) is 6.55. The van der Waals surface area contributed by atoms with Gasteiger partial charge in [-0.25, -0.2) is 9.07 Å². The zero-order chi connectivity index (χ0) is 21.6. The van der Waals surface area contributed by atoms with Crippen molar-refractivity contribution in [1.29, 1.82) is 0 Å².